The molecule has 8 saturated carbocycles. The first kappa shape index (κ1) is 76.4. The number of aliphatic carboxylic acids is 2. The summed E-state index contributed by atoms with van der Waals surface area (Å²) in [6.07, 6.45) is 15.1. The van der Waals surface area contributed by atoms with E-state index in [1.165, 1.54) is 23.3 Å². The normalized spacial score (nSPS) is 37.0. The molecule has 17 atom stereocenters. The first-order chi connectivity index (χ1) is 49.5. The van der Waals surface area contributed by atoms with Crippen LogP contribution in [0.25, 0.3) is 22.9 Å². The van der Waals surface area contributed by atoms with Gasteiger partial charge in [0.1, 0.15) is 18.0 Å². The van der Waals surface area contributed by atoms with Gasteiger partial charge in [0.25, 0.3) is 0 Å². The van der Waals surface area contributed by atoms with Crippen molar-refractivity contribution in [3.8, 4) is 22.9 Å². The number of carboxylic acids is 2. The van der Waals surface area contributed by atoms with Crippen molar-refractivity contribution >= 4 is 47.0 Å². The summed E-state index contributed by atoms with van der Waals surface area (Å²) in [5, 5.41) is 39.5. The third-order valence-electron chi connectivity index (χ3n) is 32.7. The summed E-state index contributed by atoms with van der Waals surface area (Å²) < 4.78 is 39.8. The van der Waals surface area contributed by atoms with Gasteiger partial charge in [-0.3, -0.25) is 28.8 Å². The van der Waals surface area contributed by atoms with Crippen LogP contribution in [0.4, 0.5) is 4.39 Å². The first-order valence-corrected chi connectivity index (χ1v) is 40.5. The number of ketones is 2. The molecule has 10 aliphatic rings. The Morgan fingerprint density at radius 3 is 1.45 bits per heavy atom. The van der Waals surface area contributed by atoms with Gasteiger partial charge in [-0.2, -0.15) is 0 Å². The number of carbonyl (C=O) groups is 6. The molecule has 4 aromatic rings. The van der Waals surface area contributed by atoms with E-state index in [4.69, 9.17) is 35.0 Å². The standard InChI is InChI=1S/C88H116ClFN4O12/c1-48(2)69-57(95)42-87(44-65-91-93-73(105-65)51-19-21-52(90)22-20-51)38-36-83(14)54(71(69)87)23-26-62-82(13)33-31-64(79(9,10)60(82)29-35-86(62,83)17)104-68(98)47-80(11,76(101)102)41-50-18-25-56(89)53(40-50)74-94-92-66(106-74)45-88-39-37-84(15)55(72(88)70(49(3)4)58(96)43-88)24-27-61-81(12)32-30-63(103-67(97)46-77(5,6)75(99)100)78(7,8)59(81)28-34-85(61,84)16/h18-22,25,40,48-49,54-55,59-64H,23-24,26-39,41-47H2,1-17H3,(H,99,100)(H,101,102)/t54-,55?,59?,60-,61?,62?,63+,64+,80?,81+,82+,83-,84-,85?,86-,87+,88+/m1/s1. The summed E-state index contributed by atoms with van der Waals surface area (Å²) in [5.74, 6) is 0.196. The van der Waals surface area contributed by atoms with Gasteiger partial charge in [-0.1, -0.05) is 126 Å². The number of ether oxygens (including phenoxy) is 2. The van der Waals surface area contributed by atoms with Crippen LogP contribution in [0.5, 0.6) is 0 Å². The Hall–Kier alpha value is -6.36. The number of aromatic nitrogens is 4. The Morgan fingerprint density at radius 1 is 0.547 bits per heavy atom. The number of allylic oxidation sites excluding steroid dienone is 4. The van der Waals surface area contributed by atoms with Gasteiger partial charge in [0.15, 0.2) is 11.6 Å². The highest BCUT2D eigenvalue weighted by atomic mass is 35.5. The minimum Gasteiger partial charge on any atom is -0.481 e. The lowest BCUT2D eigenvalue weighted by molar-refractivity contribution is -0.233. The van der Waals surface area contributed by atoms with E-state index in [-0.39, 0.29) is 116 Å². The molecule has 0 radical (unpaired) electrons. The van der Waals surface area contributed by atoms with E-state index in [0.29, 0.717) is 89.2 Å². The Labute approximate surface area is 631 Å². The monoisotopic (exact) mass is 1470 g/mol. The number of nitrogens with zero attached hydrogens (tertiary/aromatic N) is 4. The largest absolute Gasteiger partial charge is 0.481 e. The van der Waals surface area contributed by atoms with Crippen LogP contribution in [-0.4, -0.2) is 78.3 Å². The molecule has 6 unspecified atom stereocenters. The molecule has 2 heterocycles. The number of rotatable bonds is 18. The molecule has 0 spiro atoms. The van der Waals surface area contributed by atoms with Crippen molar-refractivity contribution in [3.63, 3.8) is 0 Å². The Balaban J connectivity index is 0.643. The van der Waals surface area contributed by atoms with Crippen molar-refractivity contribution < 1.29 is 61.7 Å². The average molecular weight is 1480 g/mol. The molecular formula is C88H116ClFN4O12. The van der Waals surface area contributed by atoms with Crippen LogP contribution >= 0.6 is 11.6 Å². The SMILES string of the molecule is CC(C)C1=C2C3CCC4C(C)(CCC5C(C)(C)[C@@H](OC(=O)CC(C)(C)C(=O)O)CC[C@@]54C)[C@]3(C)CC[C@@]2(Cc2nnc(-c3cc(CC(C)(CC(=O)O[C@H]4CC[C@]5(C)C6CC[C@@H]7C8=C(C(C)C)C(=O)C[C@]8(Cc8nnc(-c9ccc(F)cc9)o8)CC[C@@]7(C)[C@]6(C)CC[C@@H]5C4(C)C)C(=O)O)ccc3Cl)o2)CC1=O. The summed E-state index contributed by atoms with van der Waals surface area (Å²) in [5.41, 5.74) is 1.47. The van der Waals surface area contributed by atoms with Crippen LogP contribution in [0.2, 0.25) is 5.02 Å². The van der Waals surface area contributed by atoms with Crippen molar-refractivity contribution in [2.45, 2.75) is 278 Å². The fourth-order valence-corrected chi connectivity index (χ4v) is 27.2. The van der Waals surface area contributed by atoms with Crippen LogP contribution < -0.4 is 0 Å². The average Bonchev–Trinajstić information content (AvgIpc) is 0.853. The molecule has 18 heteroatoms. The van der Waals surface area contributed by atoms with E-state index in [1.54, 1.807) is 51.1 Å². The number of carbonyl (C=O) groups excluding carboxylic acids is 4. The van der Waals surface area contributed by atoms with E-state index in [9.17, 15) is 43.4 Å². The molecule has 106 heavy (non-hydrogen) atoms. The topological polar surface area (TPSA) is 239 Å². The fourth-order valence-electron chi connectivity index (χ4n) is 27.0. The van der Waals surface area contributed by atoms with Crippen molar-refractivity contribution in [1.82, 2.24) is 20.4 Å². The van der Waals surface area contributed by atoms with Crippen LogP contribution in [-0.2, 0) is 57.5 Å². The number of esters is 2. The minimum absolute atomic E-state index is 0.00276. The van der Waals surface area contributed by atoms with Crippen LogP contribution in [0, 0.1) is 118 Å². The highest BCUT2D eigenvalue weighted by Crippen LogP contribution is 2.79. The third-order valence-corrected chi connectivity index (χ3v) is 33.0. The zero-order chi connectivity index (χ0) is 76.6. The second-order valence-corrected chi connectivity index (χ2v) is 40.3. The Bertz CT molecular complexity index is 4320. The van der Waals surface area contributed by atoms with Gasteiger partial charge in [-0.25, -0.2) is 4.39 Å². The van der Waals surface area contributed by atoms with Crippen molar-refractivity contribution in [1.29, 1.82) is 0 Å². The number of hydrogen-bond donors (Lipinski definition) is 2. The summed E-state index contributed by atoms with van der Waals surface area (Å²) in [4.78, 5) is 82.7. The summed E-state index contributed by atoms with van der Waals surface area (Å²) >= 11 is 7.03. The van der Waals surface area contributed by atoms with Gasteiger partial charge >= 0.3 is 23.9 Å². The molecule has 0 amide bonds. The zero-order valence-corrected chi connectivity index (χ0v) is 66.9. The molecule has 10 aliphatic carbocycles. The minimum atomic E-state index is -1.55. The lowest BCUT2D eigenvalue weighted by Crippen LogP contribution is -2.65. The number of carboxylic acid groups (broad SMARTS) is 2. The number of benzene rings is 2. The van der Waals surface area contributed by atoms with Crippen LogP contribution in [0.15, 0.2) is 73.6 Å². The molecule has 0 saturated heterocycles. The lowest BCUT2D eigenvalue weighted by atomic mass is 9.33. The quantitative estimate of drug-likeness (QED) is 0.0880. The van der Waals surface area contributed by atoms with Gasteiger partial charge in [0.05, 0.1) is 34.3 Å². The molecule has 574 valence electrons. The molecule has 2 aromatic heterocycles. The van der Waals surface area contributed by atoms with Gasteiger partial charge < -0.3 is 28.5 Å². The molecule has 16 nitrogen and oxygen atoms in total. The Morgan fingerprint density at radius 2 is 1.00 bits per heavy atom. The summed E-state index contributed by atoms with van der Waals surface area (Å²) in [6, 6.07) is 11.4. The predicted molar refractivity (Wildman–Crippen MR) is 401 cm³/mol. The zero-order valence-electron chi connectivity index (χ0n) is 66.1. The van der Waals surface area contributed by atoms with E-state index in [1.807, 2.05) is 0 Å². The van der Waals surface area contributed by atoms with Gasteiger partial charge in [-0.15, -0.1) is 20.4 Å². The number of hydrogen-bond acceptors (Lipinski definition) is 14. The molecular weight excluding hydrogens is 1360 g/mol. The van der Waals surface area contributed by atoms with Crippen molar-refractivity contribution in [2.24, 2.45) is 112 Å². The number of Topliss-reactive ketones (excluding diaryl/α,β-unsaturated/α-hetero) is 2. The molecule has 8 fully saturated rings. The second-order valence-electron chi connectivity index (χ2n) is 39.9. The van der Waals surface area contributed by atoms with E-state index >= 15 is 0 Å². The number of halogens is 2. The van der Waals surface area contributed by atoms with E-state index < -0.39 is 57.1 Å². The fraction of sp³-hybridized carbons (Fsp3) is 0.705. The maximum absolute atomic E-state index is 14.7. The second kappa shape index (κ2) is 25.9. The first-order valence-electron chi connectivity index (χ1n) is 40.1. The predicted octanol–water partition coefficient (Wildman–Crippen LogP) is 19.7. The Kier molecular flexibility index (Phi) is 18.7. The summed E-state index contributed by atoms with van der Waals surface area (Å²) in [6.45, 7) is 37.6. The van der Waals surface area contributed by atoms with Gasteiger partial charge in [0.2, 0.25) is 23.6 Å². The summed E-state index contributed by atoms with van der Waals surface area (Å²) in [7, 11) is 0. The van der Waals surface area contributed by atoms with Crippen molar-refractivity contribution in [2.75, 3.05) is 0 Å². The molecule has 2 N–H and O–H groups in total. The number of fused-ring (bicyclic) bond motifs is 14. The maximum Gasteiger partial charge on any atom is 0.310 e. The van der Waals surface area contributed by atoms with Crippen LogP contribution in [0.1, 0.15) is 263 Å². The van der Waals surface area contributed by atoms with E-state index in [2.05, 4.69) is 112 Å². The molecule has 0 aliphatic heterocycles. The van der Waals surface area contributed by atoms with Gasteiger partial charge in [0, 0.05) is 52.9 Å². The van der Waals surface area contributed by atoms with Gasteiger partial charge in [-0.05, 0) is 263 Å². The van der Waals surface area contributed by atoms with Crippen molar-refractivity contribution in [3.05, 3.63) is 92.9 Å². The molecule has 2 aromatic carbocycles. The molecule has 14 rings (SSSR count). The maximum atomic E-state index is 14.7. The highest BCUT2D eigenvalue weighted by molar-refractivity contribution is 6.33. The smallest absolute Gasteiger partial charge is 0.310 e. The highest BCUT2D eigenvalue weighted by Gasteiger charge is 2.73. The third kappa shape index (κ3) is 11.7. The van der Waals surface area contributed by atoms with E-state index in [0.717, 1.165) is 107 Å². The lowest BCUT2D eigenvalue weighted by Gasteiger charge is -2.72. The molecule has 0 bridgehead atoms. The van der Waals surface area contributed by atoms with Crippen LogP contribution in [0.3, 0.4) is 0 Å².